The van der Waals surface area contributed by atoms with Gasteiger partial charge in [0.2, 0.25) is 0 Å². The first kappa shape index (κ1) is 8.47. The van der Waals surface area contributed by atoms with Crippen molar-refractivity contribution in [1.82, 2.24) is 0 Å². The summed E-state index contributed by atoms with van der Waals surface area (Å²) in [6.45, 7) is 8.03. The fourth-order valence-corrected chi connectivity index (χ4v) is 0.474. The zero-order valence-electron chi connectivity index (χ0n) is 6.64. The Hall–Kier alpha value is -0.530. The van der Waals surface area contributed by atoms with Crippen LogP contribution >= 0.6 is 0 Å². The molecular formula is C7H15NO. The zero-order valence-corrected chi connectivity index (χ0v) is 6.64. The lowest BCUT2D eigenvalue weighted by atomic mass is 10.1. The molecule has 0 saturated heterocycles. The molecule has 0 aromatic carbocycles. The van der Waals surface area contributed by atoms with Crippen LogP contribution in [0.3, 0.4) is 0 Å². The van der Waals surface area contributed by atoms with Crippen LogP contribution in [-0.4, -0.2) is 11.8 Å². The lowest BCUT2D eigenvalue weighted by Crippen LogP contribution is -2.16. The van der Waals surface area contributed by atoms with Crippen molar-refractivity contribution in [2.45, 2.75) is 39.7 Å². The van der Waals surface area contributed by atoms with Crippen LogP contribution in [0.25, 0.3) is 0 Å². The van der Waals surface area contributed by atoms with Crippen molar-refractivity contribution in [3.05, 3.63) is 0 Å². The molecule has 0 aliphatic carbocycles. The van der Waals surface area contributed by atoms with Gasteiger partial charge in [0.15, 0.2) is 0 Å². The lowest BCUT2D eigenvalue weighted by Gasteiger charge is -2.12. The maximum absolute atomic E-state index is 4.91. The molecule has 0 bridgehead atoms. The molecule has 1 aliphatic heterocycles. The van der Waals surface area contributed by atoms with Crippen molar-refractivity contribution < 1.29 is 4.84 Å². The monoisotopic (exact) mass is 129 g/mol. The summed E-state index contributed by atoms with van der Waals surface area (Å²) in [6.07, 6.45) is 2.73. The average molecular weight is 129 g/mol. The highest BCUT2D eigenvalue weighted by Gasteiger charge is 2.21. The van der Waals surface area contributed by atoms with E-state index in [1.165, 1.54) is 0 Å². The van der Waals surface area contributed by atoms with Gasteiger partial charge in [-0.1, -0.05) is 19.0 Å². The highest BCUT2D eigenvalue weighted by atomic mass is 16.7. The summed E-state index contributed by atoms with van der Waals surface area (Å²) >= 11 is 0. The predicted molar refractivity (Wildman–Crippen MR) is 39.6 cm³/mol. The van der Waals surface area contributed by atoms with Crippen molar-refractivity contribution >= 4 is 6.21 Å². The average Bonchev–Trinajstić information content (AvgIpc) is 2.19. The maximum atomic E-state index is 4.91. The standard InChI is InChI=1S/C5H9NO.C2H6/c1-5(2)3-4-6-7-5;1-2/h4H,3H2,1-2H3;1-2H3. The summed E-state index contributed by atoms with van der Waals surface area (Å²) < 4.78 is 0. The van der Waals surface area contributed by atoms with Crippen molar-refractivity contribution in [3.8, 4) is 0 Å². The molecule has 2 heteroatoms. The van der Waals surface area contributed by atoms with Crippen LogP contribution in [0.4, 0.5) is 0 Å². The minimum absolute atomic E-state index is 0.0278. The fourth-order valence-electron chi connectivity index (χ4n) is 0.474. The van der Waals surface area contributed by atoms with Crippen LogP contribution in [0.1, 0.15) is 34.1 Å². The van der Waals surface area contributed by atoms with Crippen LogP contribution in [-0.2, 0) is 4.84 Å². The van der Waals surface area contributed by atoms with Gasteiger partial charge in [0, 0.05) is 12.6 Å². The van der Waals surface area contributed by atoms with Gasteiger partial charge in [-0.3, -0.25) is 0 Å². The summed E-state index contributed by atoms with van der Waals surface area (Å²) in [6, 6.07) is 0. The fraction of sp³-hybridized carbons (Fsp3) is 0.857. The molecule has 0 saturated carbocycles. The van der Waals surface area contributed by atoms with E-state index >= 15 is 0 Å². The largest absolute Gasteiger partial charge is 0.390 e. The SMILES string of the molecule is CC.CC1(C)CC=NO1. The van der Waals surface area contributed by atoms with Crippen molar-refractivity contribution in [2.24, 2.45) is 5.16 Å². The van der Waals surface area contributed by atoms with Gasteiger partial charge in [0.25, 0.3) is 0 Å². The molecule has 2 nitrogen and oxygen atoms in total. The van der Waals surface area contributed by atoms with Crippen LogP contribution in [0.15, 0.2) is 5.16 Å². The summed E-state index contributed by atoms with van der Waals surface area (Å²) in [5.74, 6) is 0. The number of oxime groups is 1. The van der Waals surface area contributed by atoms with E-state index in [9.17, 15) is 0 Å². The highest BCUT2D eigenvalue weighted by Crippen LogP contribution is 2.17. The van der Waals surface area contributed by atoms with Gasteiger partial charge in [-0.2, -0.15) is 0 Å². The minimum Gasteiger partial charge on any atom is -0.390 e. The third-order valence-electron chi connectivity index (χ3n) is 0.957. The molecule has 9 heavy (non-hydrogen) atoms. The Kier molecular flexibility index (Phi) is 3.28. The summed E-state index contributed by atoms with van der Waals surface area (Å²) in [5, 5.41) is 3.61. The molecule has 0 unspecified atom stereocenters. The van der Waals surface area contributed by atoms with E-state index in [-0.39, 0.29) is 5.60 Å². The van der Waals surface area contributed by atoms with E-state index in [4.69, 9.17) is 4.84 Å². The van der Waals surface area contributed by atoms with E-state index in [2.05, 4.69) is 5.16 Å². The first-order valence-corrected chi connectivity index (χ1v) is 3.41. The molecule has 0 amide bonds. The Morgan fingerprint density at radius 1 is 1.44 bits per heavy atom. The van der Waals surface area contributed by atoms with Crippen LogP contribution in [0, 0.1) is 0 Å². The van der Waals surface area contributed by atoms with E-state index in [1.807, 2.05) is 27.7 Å². The van der Waals surface area contributed by atoms with Crippen LogP contribution in [0.5, 0.6) is 0 Å². The van der Waals surface area contributed by atoms with E-state index in [0.717, 1.165) is 6.42 Å². The van der Waals surface area contributed by atoms with Crippen molar-refractivity contribution in [3.63, 3.8) is 0 Å². The second-order valence-electron chi connectivity index (χ2n) is 2.34. The van der Waals surface area contributed by atoms with Crippen LogP contribution < -0.4 is 0 Å². The molecule has 0 N–H and O–H groups in total. The Labute approximate surface area is 56.9 Å². The first-order valence-electron chi connectivity index (χ1n) is 3.41. The Balaban J connectivity index is 0.000000291. The molecule has 0 radical (unpaired) electrons. The molecule has 1 aliphatic rings. The molecule has 0 fully saturated rings. The second-order valence-corrected chi connectivity index (χ2v) is 2.34. The van der Waals surface area contributed by atoms with Gasteiger partial charge < -0.3 is 4.84 Å². The van der Waals surface area contributed by atoms with Gasteiger partial charge in [-0.25, -0.2) is 0 Å². The summed E-state index contributed by atoms with van der Waals surface area (Å²) in [7, 11) is 0. The Bertz CT molecular complexity index is 87.1. The normalized spacial score (nSPS) is 20.0. The topological polar surface area (TPSA) is 21.6 Å². The molecule has 0 aromatic heterocycles. The van der Waals surface area contributed by atoms with Crippen LogP contribution in [0.2, 0.25) is 0 Å². The van der Waals surface area contributed by atoms with Gasteiger partial charge in [-0.05, 0) is 13.8 Å². The van der Waals surface area contributed by atoms with Gasteiger partial charge in [-0.15, -0.1) is 0 Å². The van der Waals surface area contributed by atoms with Gasteiger partial charge >= 0.3 is 0 Å². The lowest BCUT2D eigenvalue weighted by molar-refractivity contribution is 0.0123. The number of hydrogen-bond acceptors (Lipinski definition) is 2. The summed E-state index contributed by atoms with van der Waals surface area (Å²) in [5.41, 5.74) is -0.0278. The van der Waals surface area contributed by atoms with Gasteiger partial charge in [0.05, 0.1) is 0 Å². The molecule has 0 atom stereocenters. The third kappa shape index (κ3) is 3.12. The highest BCUT2D eigenvalue weighted by molar-refractivity contribution is 5.59. The van der Waals surface area contributed by atoms with Gasteiger partial charge in [0.1, 0.15) is 5.60 Å². The zero-order chi connectivity index (χ0) is 7.33. The Morgan fingerprint density at radius 3 is 2.11 bits per heavy atom. The minimum atomic E-state index is -0.0278. The molecule has 0 aromatic rings. The van der Waals surface area contributed by atoms with E-state index in [0.29, 0.717) is 0 Å². The maximum Gasteiger partial charge on any atom is 0.137 e. The molecule has 1 heterocycles. The molecular weight excluding hydrogens is 114 g/mol. The second kappa shape index (κ2) is 3.49. The number of rotatable bonds is 0. The molecule has 0 spiro atoms. The number of hydrogen-bond donors (Lipinski definition) is 0. The first-order chi connectivity index (χ1) is 4.21. The van der Waals surface area contributed by atoms with E-state index < -0.39 is 0 Å². The van der Waals surface area contributed by atoms with Crippen molar-refractivity contribution in [2.75, 3.05) is 0 Å². The third-order valence-corrected chi connectivity index (χ3v) is 0.957. The molecule has 54 valence electrons. The quantitative estimate of drug-likeness (QED) is 0.491. The molecule has 1 rings (SSSR count). The summed E-state index contributed by atoms with van der Waals surface area (Å²) in [4.78, 5) is 4.91. The predicted octanol–water partition coefficient (Wildman–Crippen LogP) is 2.20. The Morgan fingerprint density at radius 2 is 2.00 bits per heavy atom. The smallest absolute Gasteiger partial charge is 0.137 e. The number of nitrogens with zero attached hydrogens (tertiary/aromatic N) is 1. The van der Waals surface area contributed by atoms with E-state index in [1.54, 1.807) is 6.21 Å². The van der Waals surface area contributed by atoms with Crippen molar-refractivity contribution in [1.29, 1.82) is 0 Å².